The molecule has 2 heterocycles. The average molecular weight is 408 g/mol. The molecule has 4 rings (SSSR count). The number of urea groups is 1. The van der Waals surface area contributed by atoms with Crippen LogP contribution in [0.4, 0.5) is 10.5 Å². The number of carbonyl (C=O) groups excluding carboxylic acids is 2. The number of para-hydroxylation sites is 2. The van der Waals surface area contributed by atoms with Gasteiger partial charge >= 0.3 is 6.03 Å². The van der Waals surface area contributed by atoms with Crippen molar-refractivity contribution in [1.82, 2.24) is 10.2 Å². The minimum atomic E-state index is -0.0473. The summed E-state index contributed by atoms with van der Waals surface area (Å²) in [5, 5.41) is 3.05. The molecule has 2 aromatic rings. The number of hydrogen-bond donors (Lipinski definition) is 1. The molecule has 1 fully saturated rings. The van der Waals surface area contributed by atoms with Crippen LogP contribution < -0.4 is 15.0 Å². The van der Waals surface area contributed by atoms with Gasteiger partial charge in [0.1, 0.15) is 11.9 Å². The summed E-state index contributed by atoms with van der Waals surface area (Å²) >= 11 is 0. The maximum absolute atomic E-state index is 13.2. The number of piperidine rings is 1. The molecule has 2 aliphatic rings. The maximum Gasteiger partial charge on any atom is 0.324 e. The van der Waals surface area contributed by atoms with Gasteiger partial charge < -0.3 is 15.0 Å². The number of nitrogens with one attached hydrogen (secondary N) is 1. The molecule has 6 heteroatoms. The van der Waals surface area contributed by atoms with Gasteiger partial charge in [-0.25, -0.2) is 4.79 Å². The summed E-state index contributed by atoms with van der Waals surface area (Å²) < 4.78 is 5.85. The van der Waals surface area contributed by atoms with E-state index in [1.807, 2.05) is 55.1 Å². The smallest absolute Gasteiger partial charge is 0.324 e. The zero-order valence-electron chi connectivity index (χ0n) is 17.6. The van der Waals surface area contributed by atoms with Crippen molar-refractivity contribution >= 4 is 17.6 Å². The van der Waals surface area contributed by atoms with E-state index in [1.165, 1.54) is 5.56 Å². The van der Waals surface area contributed by atoms with Gasteiger partial charge in [0.2, 0.25) is 5.91 Å². The van der Waals surface area contributed by atoms with Gasteiger partial charge in [0.15, 0.2) is 0 Å². The van der Waals surface area contributed by atoms with Crippen molar-refractivity contribution < 1.29 is 14.3 Å². The van der Waals surface area contributed by atoms with Crippen LogP contribution in [-0.4, -0.2) is 42.6 Å². The Bertz CT molecular complexity index is 904. The first-order valence-corrected chi connectivity index (χ1v) is 10.7. The molecule has 30 heavy (non-hydrogen) atoms. The second-order valence-electron chi connectivity index (χ2n) is 8.25. The first-order valence-electron chi connectivity index (χ1n) is 10.7. The number of hydrogen-bond acceptors (Lipinski definition) is 3. The summed E-state index contributed by atoms with van der Waals surface area (Å²) in [6.07, 6.45) is 1.33. The lowest BCUT2D eigenvalue weighted by Gasteiger charge is -2.39. The van der Waals surface area contributed by atoms with Crippen LogP contribution in [0.25, 0.3) is 0 Å². The minimum Gasteiger partial charge on any atom is -0.487 e. The third-order valence-electron chi connectivity index (χ3n) is 5.88. The lowest BCUT2D eigenvalue weighted by molar-refractivity contribution is -0.126. The van der Waals surface area contributed by atoms with E-state index in [2.05, 4.69) is 17.4 Å². The van der Waals surface area contributed by atoms with E-state index in [0.717, 1.165) is 17.0 Å². The van der Waals surface area contributed by atoms with Gasteiger partial charge in [-0.1, -0.05) is 42.0 Å². The summed E-state index contributed by atoms with van der Waals surface area (Å²) in [6, 6.07) is 15.8. The highest BCUT2D eigenvalue weighted by Crippen LogP contribution is 2.34. The predicted octanol–water partition coefficient (Wildman–Crippen LogP) is 3.73. The first-order chi connectivity index (χ1) is 14.5. The van der Waals surface area contributed by atoms with Crippen molar-refractivity contribution in [2.75, 3.05) is 24.5 Å². The molecular formula is C24H29N3O3. The van der Waals surface area contributed by atoms with Gasteiger partial charge in [-0.3, -0.25) is 9.69 Å². The monoisotopic (exact) mass is 407 g/mol. The third-order valence-corrected chi connectivity index (χ3v) is 5.88. The normalized spacial score (nSPS) is 19.1. The van der Waals surface area contributed by atoms with Gasteiger partial charge in [-0.2, -0.15) is 0 Å². The van der Waals surface area contributed by atoms with E-state index in [4.69, 9.17) is 4.74 Å². The Morgan fingerprint density at radius 2 is 1.77 bits per heavy atom. The molecule has 0 aromatic heterocycles. The lowest BCUT2D eigenvalue weighted by atomic mass is 9.96. The molecule has 3 amide bonds. The Kier molecular flexibility index (Phi) is 5.93. The van der Waals surface area contributed by atoms with Gasteiger partial charge in [0, 0.05) is 25.6 Å². The summed E-state index contributed by atoms with van der Waals surface area (Å²) in [4.78, 5) is 29.4. The Morgan fingerprint density at radius 1 is 1.07 bits per heavy atom. The number of amides is 3. The first kappa shape index (κ1) is 20.3. The van der Waals surface area contributed by atoms with E-state index >= 15 is 0 Å². The fraction of sp³-hybridized carbons (Fsp3) is 0.417. The topological polar surface area (TPSA) is 61.9 Å². The Balaban J connectivity index is 1.31. The molecule has 0 bridgehead atoms. The molecule has 1 unspecified atom stereocenters. The van der Waals surface area contributed by atoms with Crippen molar-refractivity contribution in [2.24, 2.45) is 5.92 Å². The third kappa shape index (κ3) is 4.42. The molecule has 0 spiro atoms. The SMILES string of the molecule is Cc1ccc(CNC(=O)C2CCN(C(=O)N3CC(C)Oc4ccccc43)CC2)cc1. The Hall–Kier alpha value is -3.02. The number of likely N-dealkylation sites (tertiary alicyclic amines) is 1. The van der Waals surface area contributed by atoms with Crippen molar-refractivity contribution in [1.29, 1.82) is 0 Å². The second kappa shape index (κ2) is 8.78. The zero-order chi connectivity index (χ0) is 21.1. The van der Waals surface area contributed by atoms with Crippen LogP contribution in [0.15, 0.2) is 48.5 Å². The lowest BCUT2D eigenvalue weighted by Crippen LogP contribution is -2.52. The highest BCUT2D eigenvalue weighted by atomic mass is 16.5. The largest absolute Gasteiger partial charge is 0.487 e. The molecule has 0 aliphatic carbocycles. The predicted molar refractivity (Wildman–Crippen MR) is 117 cm³/mol. The molecule has 158 valence electrons. The van der Waals surface area contributed by atoms with E-state index in [-0.39, 0.29) is 24.0 Å². The standard InChI is InChI=1S/C24H29N3O3/c1-17-7-9-19(10-8-17)15-25-23(28)20-11-13-26(14-12-20)24(29)27-16-18(2)30-22-6-4-3-5-21(22)27/h3-10,18,20H,11-16H2,1-2H3,(H,25,28). The number of rotatable bonds is 3. The minimum absolute atomic E-state index is 0.00360. The molecule has 2 aromatic carbocycles. The molecule has 6 nitrogen and oxygen atoms in total. The fourth-order valence-corrected chi connectivity index (χ4v) is 4.11. The number of benzene rings is 2. The molecule has 0 saturated carbocycles. The van der Waals surface area contributed by atoms with Crippen molar-refractivity contribution in [3.05, 3.63) is 59.7 Å². The van der Waals surface area contributed by atoms with Gasteiger partial charge in [0.05, 0.1) is 12.2 Å². The van der Waals surface area contributed by atoms with Crippen LogP contribution in [0.1, 0.15) is 30.9 Å². The molecule has 0 radical (unpaired) electrons. The van der Waals surface area contributed by atoms with Crippen LogP contribution in [0.2, 0.25) is 0 Å². The molecule has 2 aliphatic heterocycles. The van der Waals surface area contributed by atoms with Crippen molar-refractivity contribution in [3.63, 3.8) is 0 Å². The van der Waals surface area contributed by atoms with Gasteiger partial charge in [0.25, 0.3) is 0 Å². The van der Waals surface area contributed by atoms with E-state index in [0.29, 0.717) is 39.0 Å². The molecule has 1 saturated heterocycles. The average Bonchev–Trinajstić information content (AvgIpc) is 2.77. The van der Waals surface area contributed by atoms with E-state index in [1.54, 1.807) is 4.90 Å². The van der Waals surface area contributed by atoms with Crippen LogP contribution in [0, 0.1) is 12.8 Å². The fourth-order valence-electron chi connectivity index (χ4n) is 4.11. The number of carbonyl (C=O) groups is 2. The van der Waals surface area contributed by atoms with Gasteiger partial charge in [-0.05, 0) is 44.4 Å². The summed E-state index contributed by atoms with van der Waals surface area (Å²) in [7, 11) is 0. The second-order valence-corrected chi connectivity index (χ2v) is 8.25. The van der Waals surface area contributed by atoms with Crippen LogP contribution in [0.3, 0.4) is 0 Å². The quantitative estimate of drug-likeness (QED) is 0.843. The summed E-state index contributed by atoms with van der Waals surface area (Å²) in [5.41, 5.74) is 3.12. The Morgan fingerprint density at radius 3 is 2.50 bits per heavy atom. The van der Waals surface area contributed by atoms with Crippen LogP contribution >= 0.6 is 0 Å². The van der Waals surface area contributed by atoms with E-state index in [9.17, 15) is 9.59 Å². The number of nitrogens with zero attached hydrogens (tertiary/aromatic N) is 2. The molecule has 1 atom stereocenters. The number of fused-ring (bicyclic) bond motifs is 1. The summed E-state index contributed by atoms with van der Waals surface area (Å²) in [5.74, 6) is 0.776. The van der Waals surface area contributed by atoms with Crippen LogP contribution in [-0.2, 0) is 11.3 Å². The zero-order valence-corrected chi connectivity index (χ0v) is 17.6. The van der Waals surface area contributed by atoms with Crippen molar-refractivity contribution in [2.45, 2.75) is 39.3 Å². The van der Waals surface area contributed by atoms with Crippen LogP contribution in [0.5, 0.6) is 5.75 Å². The number of ether oxygens (including phenoxy) is 1. The molecular weight excluding hydrogens is 378 g/mol. The summed E-state index contributed by atoms with van der Waals surface area (Å²) in [6.45, 7) is 6.28. The Labute approximate surface area is 177 Å². The van der Waals surface area contributed by atoms with Crippen molar-refractivity contribution in [3.8, 4) is 5.75 Å². The molecule has 1 N–H and O–H groups in total. The highest BCUT2D eigenvalue weighted by molar-refractivity contribution is 5.94. The van der Waals surface area contributed by atoms with Gasteiger partial charge in [-0.15, -0.1) is 0 Å². The highest BCUT2D eigenvalue weighted by Gasteiger charge is 2.33. The maximum atomic E-state index is 13.2. The number of aryl methyl sites for hydroxylation is 1. The number of anilines is 1. The van der Waals surface area contributed by atoms with E-state index < -0.39 is 0 Å².